The summed E-state index contributed by atoms with van der Waals surface area (Å²) in [5.41, 5.74) is 2.53. The van der Waals surface area contributed by atoms with Gasteiger partial charge in [-0.2, -0.15) is 0 Å². The monoisotopic (exact) mass is 694 g/mol. The number of nitrogens with one attached hydrogen (secondary N) is 2. The summed E-state index contributed by atoms with van der Waals surface area (Å²) in [6.07, 6.45) is 4.74. The van der Waals surface area contributed by atoms with Crippen LogP contribution in [0.3, 0.4) is 0 Å². The summed E-state index contributed by atoms with van der Waals surface area (Å²) in [5.74, 6) is -1.20. The van der Waals surface area contributed by atoms with E-state index in [0.717, 1.165) is 24.8 Å². The van der Waals surface area contributed by atoms with Crippen LogP contribution in [0.5, 0.6) is 0 Å². The first-order chi connectivity index (χ1) is 23.0. The molecule has 0 amide bonds. The van der Waals surface area contributed by atoms with Gasteiger partial charge in [0.1, 0.15) is 19.3 Å². The van der Waals surface area contributed by atoms with Gasteiger partial charge >= 0.3 is 17.9 Å². The largest absolute Gasteiger partial charge is 0.465 e. The number of hydrogen-bond donors (Lipinski definition) is 2. The van der Waals surface area contributed by atoms with Gasteiger partial charge in [-0.25, -0.2) is 27.9 Å². The Balaban J connectivity index is 1.41. The van der Waals surface area contributed by atoms with Crippen molar-refractivity contribution < 1.29 is 37.0 Å². The average molecular weight is 695 g/mol. The maximum Gasteiger partial charge on any atom is 0.336 e. The number of ether oxygens (including phenoxy) is 3. The normalized spacial score (nSPS) is 27.3. The Morgan fingerprint density at radius 3 is 2.35 bits per heavy atom. The fraction of sp³-hybridized carbons (Fsp3) is 0.528. The number of esters is 3. The molecule has 12 nitrogen and oxygen atoms in total. The number of cyclic esters (lactones) is 1. The Labute approximate surface area is 288 Å². The summed E-state index contributed by atoms with van der Waals surface area (Å²) in [6, 6.07) is 7.57. The minimum absolute atomic E-state index is 0.00296. The lowest BCUT2D eigenvalue weighted by molar-refractivity contribution is -0.191. The van der Waals surface area contributed by atoms with Crippen molar-refractivity contribution in [3.8, 4) is 0 Å². The Morgan fingerprint density at radius 1 is 1.08 bits per heavy atom. The molecule has 2 aromatic rings. The van der Waals surface area contributed by atoms with Crippen molar-refractivity contribution in [1.29, 1.82) is 0 Å². The predicted molar refractivity (Wildman–Crippen MR) is 183 cm³/mol. The number of anilines is 2. The number of sulfonamides is 1. The van der Waals surface area contributed by atoms with Crippen molar-refractivity contribution in [2.75, 3.05) is 23.3 Å². The summed E-state index contributed by atoms with van der Waals surface area (Å²) < 4.78 is 45.5. The zero-order chi connectivity index (χ0) is 35.7. The van der Waals surface area contributed by atoms with E-state index in [1.54, 1.807) is 38.1 Å². The number of rotatable bonds is 11. The first kappa shape index (κ1) is 36.0. The Bertz CT molecular complexity index is 1750. The van der Waals surface area contributed by atoms with E-state index in [1.165, 1.54) is 26.0 Å². The molecule has 0 bridgehead atoms. The second-order valence-electron chi connectivity index (χ2n) is 14.0. The Kier molecular flexibility index (Phi) is 10.2. The van der Waals surface area contributed by atoms with E-state index in [2.05, 4.69) is 33.5 Å². The molecule has 0 saturated heterocycles. The minimum atomic E-state index is -3.96. The van der Waals surface area contributed by atoms with E-state index in [9.17, 15) is 22.8 Å². The van der Waals surface area contributed by atoms with Gasteiger partial charge in [0, 0.05) is 36.3 Å². The first-order valence-corrected chi connectivity index (χ1v) is 18.1. The standard InChI is InChI=1S/C36H46N4O8S/c1-21-8-13-31-35(6,16-14-32(48-25(5)42)36(31,7)20-47-24(4)41)29(21)19-30(28-15-17-46-33(28)43)39-26-9-11-27(12-10-26)49(44,45)40-34-37-22(2)18-23(3)38-34/h9-12,15,18,29-32,39H,1,8,13-14,16-17,19-20H2,2-7H3,(H,37,38,40)/t29-,30?,31+,32-,35+,36+/m1/s1. The van der Waals surface area contributed by atoms with Crippen LogP contribution in [-0.2, 0) is 38.6 Å². The van der Waals surface area contributed by atoms with Gasteiger partial charge in [0.15, 0.2) is 0 Å². The van der Waals surface area contributed by atoms with Gasteiger partial charge in [0.25, 0.3) is 10.0 Å². The first-order valence-electron chi connectivity index (χ1n) is 16.6. The molecule has 0 radical (unpaired) electrons. The Hall–Kier alpha value is -4.26. The second kappa shape index (κ2) is 13.9. The summed E-state index contributed by atoms with van der Waals surface area (Å²) >= 11 is 0. The van der Waals surface area contributed by atoms with Crippen LogP contribution in [-0.4, -0.2) is 61.7 Å². The SMILES string of the molecule is C=C1CC[C@@H]2[C@](C)(COC(C)=O)[C@H](OC(C)=O)CC[C@@]2(C)[C@@H]1CC(Nc1ccc(S(=O)(=O)Nc2nc(C)cc(C)n2)cc1)C1=CCOC1=O. The molecule has 6 atom stereocenters. The van der Waals surface area contributed by atoms with Crippen LogP contribution in [0.15, 0.2) is 59.0 Å². The molecule has 2 saturated carbocycles. The number of aromatic nitrogens is 2. The number of allylic oxidation sites excluding steroid dienone is 1. The lowest BCUT2D eigenvalue weighted by Gasteiger charge is -2.60. The molecule has 1 unspecified atom stereocenters. The zero-order valence-corrected chi connectivity index (χ0v) is 29.8. The van der Waals surface area contributed by atoms with Crippen molar-refractivity contribution in [2.45, 2.75) is 90.7 Å². The van der Waals surface area contributed by atoms with Crippen LogP contribution < -0.4 is 10.0 Å². The van der Waals surface area contributed by atoms with E-state index >= 15 is 0 Å². The summed E-state index contributed by atoms with van der Waals surface area (Å²) in [5, 5.41) is 3.48. The highest BCUT2D eigenvalue weighted by atomic mass is 32.2. The molecule has 3 aliphatic rings. The van der Waals surface area contributed by atoms with Crippen LogP contribution in [0, 0.1) is 36.5 Å². The molecule has 264 valence electrons. The van der Waals surface area contributed by atoms with E-state index in [4.69, 9.17) is 14.2 Å². The molecule has 1 aliphatic heterocycles. The molecule has 2 aliphatic carbocycles. The molecule has 2 fully saturated rings. The van der Waals surface area contributed by atoms with Crippen LogP contribution in [0.25, 0.3) is 0 Å². The quantitative estimate of drug-likeness (QED) is 0.175. The van der Waals surface area contributed by atoms with Crippen molar-refractivity contribution in [3.05, 3.63) is 65.5 Å². The molecule has 0 spiro atoms. The van der Waals surface area contributed by atoms with E-state index < -0.39 is 39.5 Å². The topological polar surface area (TPSA) is 163 Å². The number of benzene rings is 1. The smallest absolute Gasteiger partial charge is 0.336 e. The predicted octanol–water partition coefficient (Wildman–Crippen LogP) is 5.43. The number of carbonyl (C=O) groups is 3. The van der Waals surface area contributed by atoms with Gasteiger partial charge in [0.2, 0.25) is 5.95 Å². The van der Waals surface area contributed by atoms with Crippen molar-refractivity contribution in [3.63, 3.8) is 0 Å². The molecular formula is C36H46N4O8S. The van der Waals surface area contributed by atoms with Gasteiger partial charge in [-0.1, -0.05) is 26.0 Å². The van der Waals surface area contributed by atoms with Crippen molar-refractivity contribution in [2.24, 2.45) is 22.7 Å². The van der Waals surface area contributed by atoms with Gasteiger partial charge in [-0.15, -0.1) is 0 Å². The zero-order valence-electron chi connectivity index (χ0n) is 29.0. The van der Waals surface area contributed by atoms with Crippen molar-refractivity contribution in [1.82, 2.24) is 9.97 Å². The van der Waals surface area contributed by atoms with Crippen LogP contribution in [0.4, 0.5) is 11.6 Å². The molecule has 2 N–H and O–H groups in total. The third-order valence-electron chi connectivity index (χ3n) is 10.5. The molecule has 1 aromatic heterocycles. The lowest BCUT2D eigenvalue weighted by atomic mass is 9.46. The van der Waals surface area contributed by atoms with E-state index in [1.807, 2.05) is 6.92 Å². The number of nitrogens with zero attached hydrogens (tertiary/aromatic N) is 2. The maximum atomic E-state index is 13.1. The van der Waals surface area contributed by atoms with Gasteiger partial charge < -0.3 is 19.5 Å². The molecule has 1 aromatic carbocycles. The fourth-order valence-corrected chi connectivity index (χ4v) is 9.23. The summed E-state index contributed by atoms with van der Waals surface area (Å²) in [4.78, 5) is 45.4. The molecule has 5 rings (SSSR count). The highest BCUT2D eigenvalue weighted by Gasteiger charge is 2.60. The number of aryl methyl sites for hydroxylation is 2. The molecule has 2 heterocycles. The van der Waals surface area contributed by atoms with E-state index in [0.29, 0.717) is 35.5 Å². The summed E-state index contributed by atoms with van der Waals surface area (Å²) in [7, 11) is -3.96. The van der Waals surface area contributed by atoms with Crippen LogP contribution in [0.1, 0.15) is 71.2 Å². The van der Waals surface area contributed by atoms with Crippen LogP contribution in [0.2, 0.25) is 0 Å². The third-order valence-corrected chi connectivity index (χ3v) is 11.9. The lowest BCUT2D eigenvalue weighted by Crippen LogP contribution is -2.59. The van der Waals surface area contributed by atoms with Crippen molar-refractivity contribution >= 4 is 39.6 Å². The Morgan fingerprint density at radius 2 is 1.76 bits per heavy atom. The second-order valence-corrected chi connectivity index (χ2v) is 15.7. The number of fused-ring (bicyclic) bond motifs is 1. The van der Waals surface area contributed by atoms with Gasteiger partial charge in [-0.05, 0) is 99.6 Å². The van der Waals surface area contributed by atoms with Crippen LogP contribution >= 0.6 is 0 Å². The minimum Gasteiger partial charge on any atom is -0.465 e. The third kappa shape index (κ3) is 7.66. The molecule has 13 heteroatoms. The average Bonchev–Trinajstić information content (AvgIpc) is 3.44. The summed E-state index contributed by atoms with van der Waals surface area (Å²) in [6.45, 7) is 15.4. The maximum absolute atomic E-state index is 13.1. The fourth-order valence-electron chi connectivity index (χ4n) is 8.29. The molecule has 49 heavy (non-hydrogen) atoms. The van der Waals surface area contributed by atoms with E-state index in [-0.39, 0.29) is 47.3 Å². The highest BCUT2D eigenvalue weighted by molar-refractivity contribution is 7.92. The van der Waals surface area contributed by atoms with Gasteiger partial charge in [-0.3, -0.25) is 9.59 Å². The number of carbonyl (C=O) groups excluding carboxylic acids is 3. The highest BCUT2D eigenvalue weighted by Crippen LogP contribution is 2.62. The number of hydrogen-bond acceptors (Lipinski definition) is 11. The molecular weight excluding hydrogens is 648 g/mol. The van der Waals surface area contributed by atoms with Gasteiger partial charge in [0.05, 0.1) is 16.5 Å².